The summed E-state index contributed by atoms with van der Waals surface area (Å²) < 4.78 is 0. The third-order valence-electron chi connectivity index (χ3n) is 3.54. The molecular formula is C18H21NO. The minimum Gasteiger partial charge on any atom is -0.319 e. The predicted molar refractivity (Wildman–Crippen MR) is 83.4 cm³/mol. The van der Waals surface area contributed by atoms with E-state index in [1.54, 1.807) is 0 Å². The van der Waals surface area contributed by atoms with Crippen LogP contribution < -0.4 is 5.32 Å². The van der Waals surface area contributed by atoms with Crippen molar-refractivity contribution in [1.29, 1.82) is 0 Å². The van der Waals surface area contributed by atoms with Crippen molar-refractivity contribution in [2.24, 2.45) is 0 Å². The molecule has 2 aromatic carbocycles. The Morgan fingerprint density at radius 2 is 1.80 bits per heavy atom. The van der Waals surface area contributed by atoms with Crippen molar-refractivity contribution in [2.75, 3.05) is 13.6 Å². The number of carbonyl (C=O) groups excluding carboxylic acids is 1. The van der Waals surface area contributed by atoms with Gasteiger partial charge in [-0.2, -0.15) is 0 Å². The first kappa shape index (κ1) is 14.5. The molecule has 2 aromatic rings. The second-order valence-corrected chi connectivity index (χ2v) is 5.16. The third kappa shape index (κ3) is 3.14. The molecule has 0 spiro atoms. The summed E-state index contributed by atoms with van der Waals surface area (Å²) in [6.07, 6.45) is 0.864. The highest BCUT2D eigenvalue weighted by atomic mass is 16.1. The number of aryl methyl sites for hydroxylation is 2. The van der Waals surface area contributed by atoms with Crippen molar-refractivity contribution in [2.45, 2.75) is 20.3 Å². The first-order chi connectivity index (χ1) is 9.63. The van der Waals surface area contributed by atoms with Crippen molar-refractivity contribution in [3.05, 3.63) is 70.3 Å². The summed E-state index contributed by atoms with van der Waals surface area (Å²) >= 11 is 0. The van der Waals surface area contributed by atoms with Gasteiger partial charge in [0.25, 0.3) is 0 Å². The van der Waals surface area contributed by atoms with Gasteiger partial charge in [-0.15, -0.1) is 0 Å². The van der Waals surface area contributed by atoms with E-state index >= 15 is 0 Å². The normalized spacial score (nSPS) is 10.6. The van der Waals surface area contributed by atoms with E-state index in [9.17, 15) is 4.79 Å². The summed E-state index contributed by atoms with van der Waals surface area (Å²) in [6.45, 7) is 4.88. The lowest BCUT2D eigenvalue weighted by atomic mass is 9.93. The average Bonchev–Trinajstić information content (AvgIpc) is 2.47. The second-order valence-electron chi connectivity index (χ2n) is 5.16. The van der Waals surface area contributed by atoms with Crippen molar-refractivity contribution < 1.29 is 4.79 Å². The molecule has 0 bridgehead atoms. The molecule has 0 aliphatic heterocycles. The standard InChI is InChI=1S/C18H21NO/c1-13-8-9-14(2)17(12-13)18(20)16-7-5-4-6-15(16)10-11-19-3/h4-9,12,19H,10-11H2,1-3H3. The van der Waals surface area contributed by atoms with Crippen LogP contribution in [-0.4, -0.2) is 19.4 Å². The molecule has 20 heavy (non-hydrogen) atoms. The van der Waals surface area contributed by atoms with Gasteiger partial charge in [0, 0.05) is 11.1 Å². The molecule has 0 fully saturated rings. The molecule has 1 N–H and O–H groups in total. The lowest BCUT2D eigenvalue weighted by Gasteiger charge is -2.11. The molecule has 2 nitrogen and oxygen atoms in total. The molecule has 0 radical (unpaired) electrons. The molecule has 0 saturated heterocycles. The fourth-order valence-corrected chi connectivity index (χ4v) is 2.35. The van der Waals surface area contributed by atoms with Gasteiger partial charge in [-0.25, -0.2) is 0 Å². The topological polar surface area (TPSA) is 29.1 Å². The first-order valence-electron chi connectivity index (χ1n) is 6.98. The van der Waals surface area contributed by atoms with Gasteiger partial charge in [0.15, 0.2) is 5.78 Å². The van der Waals surface area contributed by atoms with E-state index in [2.05, 4.69) is 5.32 Å². The highest BCUT2D eigenvalue weighted by Gasteiger charge is 2.15. The quantitative estimate of drug-likeness (QED) is 0.842. The van der Waals surface area contributed by atoms with E-state index in [0.29, 0.717) is 0 Å². The maximum atomic E-state index is 12.8. The van der Waals surface area contributed by atoms with Crippen LogP contribution in [-0.2, 0) is 6.42 Å². The van der Waals surface area contributed by atoms with Gasteiger partial charge in [-0.3, -0.25) is 4.79 Å². The Morgan fingerprint density at radius 1 is 1.05 bits per heavy atom. The number of carbonyl (C=O) groups is 1. The Hall–Kier alpha value is -1.93. The molecular weight excluding hydrogens is 246 g/mol. The van der Waals surface area contributed by atoms with E-state index in [0.717, 1.165) is 40.8 Å². The molecule has 0 aliphatic rings. The van der Waals surface area contributed by atoms with Gasteiger partial charge in [0.05, 0.1) is 0 Å². The Balaban J connectivity index is 2.40. The SMILES string of the molecule is CNCCc1ccccc1C(=O)c1cc(C)ccc1C. The van der Waals surface area contributed by atoms with Crippen molar-refractivity contribution >= 4 is 5.78 Å². The zero-order chi connectivity index (χ0) is 14.5. The molecule has 2 heteroatoms. The summed E-state index contributed by atoms with van der Waals surface area (Å²) in [5.74, 6) is 0.123. The van der Waals surface area contributed by atoms with Crippen LogP contribution in [0.3, 0.4) is 0 Å². The van der Waals surface area contributed by atoms with Crippen LogP contribution in [0.5, 0.6) is 0 Å². The Labute approximate surface area is 120 Å². The van der Waals surface area contributed by atoms with Crippen molar-refractivity contribution in [3.63, 3.8) is 0 Å². The highest BCUT2D eigenvalue weighted by molar-refractivity contribution is 6.10. The third-order valence-corrected chi connectivity index (χ3v) is 3.54. The lowest BCUT2D eigenvalue weighted by molar-refractivity contribution is 0.103. The maximum Gasteiger partial charge on any atom is 0.193 e. The van der Waals surface area contributed by atoms with E-state index < -0.39 is 0 Å². The van der Waals surface area contributed by atoms with Crippen LogP contribution in [0.15, 0.2) is 42.5 Å². The molecule has 0 unspecified atom stereocenters. The molecule has 0 heterocycles. The molecule has 0 amide bonds. The number of rotatable bonds is 5. The van der Waals surface area contributed by atoms with Crippen LogP contribution >= 0.6 is 0 Å². The van der Waals surface area contributed by atoms with E-state index in [-0.39, 0.29) is 5.78 Å². The molecule has 0 aromatic heterocycles. The minimum atomic E-state index is 0.123. The Morgan fingerprint density at radius 3 is 2.55 bits per heavy atom. The minimum absolute atomic E-state index is 0.123. The number of hydrogen-bond acceptors (Lipinski definition) is 2. The summed E-state index contributed by atoms with van der Waals surface area (Å²) in [7, 11) is 1.93. The van der Waals surface area contributed by atoms with Gasteiger partial charge in [0.1, 0.15) is 0 Å². The molecule has 0 saturated carbocycles. The highest BCUT2D eigenvalue weighted by Crippen LogP contribution is 2.19. The smallest absolute Gasteiger partial charge is 0.193 e. The molecule has 0 atom stereocenters. The molecule has 0 aliphatic carbocycles. The second kappa shape index (κ2) is 6.49. The van der Waals surface area contributed by atoms with Gasteiger partial charge in [-0.05, 0) is 51.1 Å². The van der Waals surface area contributed by atoms with Crippen LogP contribution in [0.25, 0.3) is 0 Å². The average molecular weight is 267 g/mol. The summed E-state index contributed by atoms with van der Waals surface area (Å²) in [5, 5.41) is 3.13. The zero-order valence-electron chi connectivity index (χ0n) is 12.4. The number of benzene rings is 2. The molecule has 104 valence electrons. The predicted octanol–water partition coefficient (Wildman–Crippen LogP) is 3.30. The van der Waals surface area contributed by atoms with Crippen LogP contribution in [0.1, 0.15) is 32.6 Å². The van der Waals surface area contributed by atoms with Gasteiger partial charge in [0.2, 0.25) is 0 Å². The number of ketones is 1. The van der Waals surface area contributed by atoms with Crippen LogP contribution in [0, 0.1) is 13.8 Å². The van der Waals surface area contributed by atoms with Gasteiger partial charge >= 0.3 is 0 Å². The monoisotopic (exact) mass is 267 g/mol. The summed E-state index contributed by atoms with van der Waals surface area (Å²) in [4.78, 5) is 12.8. The van der Waals surface area contributed by atoms with Crippen molar-refractivity contribution in [3.8, 4) is 0 Å². The first-order valence-corrected chi connectivity index (χ1v) is 6.98. The maximum absolute atomic E-state index is 12.8. The fraction of sp³-hybridized carbons (Fsp3) is 0.278. The Bertz CT molecular complexity index is 617. The van der Waals surface area contributed by atoms with Gasteiger partial charge in [-0.1, -0.05) is 42.0 Å². The van der Waals surface area contributed by atoms with E-state index in [4.69, 9.17) is 0 Å². The number of likely N-dealkylation sites (N-methyl/N-ethyl adjacent to an activating group) is 1. The fourth-order valence-electron chi connectivity index (χ4n) is 2.35. The lowest BCUT2D eigenvalue weighted by Crippen LogP contribution is -2.14. The van der Waals surface area contributed by atoms with E-state index in [1.165, 1.54) is 0 Å². The van der Waals surface area contributed by atoms with E-state index in [1.807, 2.05) is 63.4 Å². The summed E-state index contributed by atoms with van der Waals surface area (Å²) in [6, 6.07) is 13.9. The van der Waals surface area contributed by atoms with Crippen LogP contribution in [0.4, 0.5) is 0 Å². The van der Waals surface area contributed by atoms with Gasteiger partial charge < -0.3 is 5.32 Å². The Kier molecular flexibility index (Phi) is 4.70. The molecule has 2 rings (SSSR count). The number of hydrogen-bond donors (Lipinski definition) is 1. The number of nitrogens with one attached hydrogen (secondary N) is 1. The van der Waals surface area contributed by atoms with Crippen LogP contribution in [0.2, 0.25) is 0 Å². The van der Waals surface area contributed by atoms with Crippen molar-refractivity contribution in [1.82, 2.24) is 5.32 Å². The zero-order valence-corrected chi connectivity index (χ0v) is 12.4. The largest absolute Gasteiger partial charge is 0.319 e. The summed E-state index contributed by atoms with van der Waals surface area (Å²) in [5.41, 5.74) is 4.88.